The van der Waals surface area contributed by atoms with E-state index in [4.69, 9.17) is 10.7 Å². The highest BCUT2D eigenvalue weighted by atomic mass is 19.1. The van der Waals surface area contributed by atoms with E-state index in [1.165, 1.54) is 24.3 Å². The van der Waals surface area contributed by atoms with Crippen molar-refractivity contribution < 1.29 is 13.6 Å². The number of hydrogen-bond donors (Lipinski definition) is 2. The number of hydrogen-bond acceptors (Lipinski definition) is 4. The predicted molar refractivity (Wildman–Crippen MR) is 109 cm³/mol. The maximum Gasteiger partial charge on any atom is 0.243 e. The second-order valence-electron chi connectivity index (χ2n) is 7.90. The lowest BCUT2D eigenvalue weighted by atomic mass is 10.1. The van der Waals surface area contributed by atoms with Gasteiger partial charge in [0.2, 0.25) is 5.91 Å². The molecule has 5 rings (SSSR count). The van der Waals surface area contributed by atoms with Crippen LogP contribution in [0.5, 0.6) is 0 Å². The molecule has 8 heteroatoms. The first-order valence-corrected chi connectivity index (χ1v) is 9.89. The van der Waals surface area contributed by atoms with E-state index in [1.54, 1.807) is 29.2 Å². The molecular formula is C22H21F2N5O. The van der Waals surface area contributed by atoms with Crippen LogP contribution in [-0.4, -0.2) is 32.4 Å². The van der Waals surface area contributed by atoms with Crippen molar-refractivity contribution in [1.29, 1.82) is 0 Å². The number of aromatic nitrogens is 2. The van der Waals surface area contributed by atoms with E-state index in [0.717, 1.165) is 30.0 Å². The first-order valence-electron chi connectivity index (χ1n) is 9.89. The van der Waals surface area contributed by atoms with Crippen LogP contribution in [0.4, 0.5) is 20.3 Å². The molecule has 154 valence electrons. The predicted octanol–water partition coefficient (Wildman–Crippen LogP) is 3.41. The Hall–Kier alpha value is -3.26. The fraction of sp³-hybridized carbons (Fsp3) is 0.273. The van der Waals surface area contributed by atoms with E-state index in [0.29, 0.717) is 31.0 Å². The summed E-state index contributed by atoms with van der Waals surface area (Å²) in [6, 6.07) is 12.2. The molecule has 0 atom stereocenters. The number of nitrogens with one attached hydrogen (secondary N) is 1. The molecule has 1 saturated carbocycles. The number of carbonyl (C=O) groups excluding carboxylic acids is 1. The average molecular weight is 409 g/mol. The molecule has 1 fully saturated rings. The Balaban J connectivity index is 1.52. The minimum absolute atomic E-state index is 0.0341. The average Bonchev–Trinajstić information content (AvgIpc) is 3.41. The molecule has 0 saturated heterocycles. The molecule has 2 heterocycles. The lowest BCUT2D eigenvalue weighted by molar-refractivity contribution is -0.135. The van der Waals surface area contributed by atoms with Crippen LogP contribution >= 0.6 is 0 Å². The van der Waals surface area contributed by atoms with Gasteiger partial charge in [-0.3, -0.25) is 4.79 Å². The zero-order valence-electron chi connectivity index (χ0n) is 16.2. The van der Waals surface area contributed by atoms with Crippen molar-refractivity contribution in [3.8, 4) is 11.3 Å². The first-order chi connectivity index (χ1) is 14.4. The minimum atomic E-state index is -0.719. The number of nitrogens with zero attached hydrogens (tertiary/aromatic N) is 3. The van der Waals surface area contributed by atoms with Gasteiger partial charge in [-0.2, -0.15) is 0 Å². The molecule has 0 unspecified atom stereocenters. The summed E-state index contributed by atoms with van der Waals surface area (Å²) < 4.78 is 28.8. The highest BCUT2D eigenvalue weighted by Gasteiger charge is 2.48. The lowest BCUT2D eigenvalue weighted by Gasteiger charge is -2.30. The van der Waals surface area contributed by atoms with Gasteiger partial charge >= 0.3 is 0 Å². The Morgan fingerprint density at radius 1 is 1.00 bits per heavy atom. The largest absolute Gasteiger partial charge is 0.340 e. The third kappa shape index (κ3) is 3.33. The fourth-order valence-electron chi connectivity index (χ4n) is 3.77. The van der Waals surface area contributed by atoms with E-state index in [1.807, 2.05) is 4.57 Å². The monoisotopic (exact) mass is 409 g/mol. The van der Waals surface area contributed by atoms with Crippen molar-refractivity contribution >= 4 is 17.4 Å². The van der Waals surface area contributed by atoms with Crippen molar-refractivity contribution in [3.05, 3.63) is 66.0 Å². The fourth-order valence-corrected chi connectivity index (χ4v) is 3.77. The number of carbonyl (C=O) groups is 1. The highest BCUT2D eigenvalue weighted by molar-refractivity contribution is 5.89. The molecule has 6 nitrogen and oxygen atoms in total. The molecule has 30 heavy (non-hydrogen) atoms. The minimum Gasteiger partial charge on any atom is -0.340 e. The summed E-state index contributed by atoms with van der Waals surface area (Å²) in [4.78, 5) is 19.2. The van der Waals surface area contributed by atoms with E-state index < -0.39 is 5.54 Å². The van der Waals surface area contributed by atoms with Crippen LogP contribution in [0.2, 0.25) is 0 Å². The molecule has 3 N–H and O–H groups in total. The maximum atomic E-state index is 13.4. The van der Waals surface area contributed by atoms with Crippen LogP contribution in [0.25, 0.3) is 11.3 Å². The Bertz CT molecular complexity index is 1100. The zero-order chi connectivity index (χ0) is 20.9. The molecule has 1 aliphatic heterocycles. The molecule has 2 aliphatic rings. The number of nitrogens with two attached hydrogens (primary N) is 1. The van der Waals surface area contributed by atoms with Gasteiger partial charge in [-0.05, 0) is 61.4 Å². The number of imidazole rings is 1. The second-order valence-corrected chi connectivity index (χ2v) is 7.90. The van der Waals surface area contributed by atoms with Crippen molar-refractivity contribution in [2.45, 2.75) is 31.5 Å². The van der Waals surface area contributed by atoms with Gasteiger partial charge in [0, 0.05) is 24.3 Å². The molecule has 3 aromatic rings. The number of benzene rings is 2. The normalized spacial score (nSPS) is 16.8. The van der Waals surface area contributed by atoms with Crippen LogP contribution in [0.15, 0.2) is 48.5 Å². The number of amides is 1. The van der Waals surface area contributed by atoms with Gasteiger partial charge in [-0.25, -0.2) is 13.8 Å². The Morgan fingerprint density at radius 2 is 1.63 bits per heavy atom. The lowest BCUT2D eigenvalue weighted by Crippen LogP contribution is -2.48. The van der Waals surface area contributed by atoms with E-state index in [9.17, 15) is 13.6 Å². The first kappa shape index (κ1) is 18.7. The number of anilines is 2. The zero-order valence-corrected chi connectivity index (χ0v) is 16.2. The molecular weight excluding hydrogens is 388 g/mol. The smallest absolute Gasteiger partial charge is 0.243 e. The highest BCUT2D eigenvalue weighted by Crippen LogP contribution is 2.37. The van der Waals surface area contributed by atoms with Crippen molar-refractivity contribution in [2.75, 3.05) is 11.9 Å². The summed E-state index contributed by atoms with van der Waals surface area (Å²) in [6.07, 6.45) is 1.43. The van der Waals surface area contributed by atoms with Gasteiger partial charge in [0.15, 0.2) is 0 Å². The Labute approximate surface area is 172 Å². The summed E-state index contributed by atoms with van der Waals surface area (Å²) in [5.41, 5.74) is 7.49. The van der Waals surface area contributed by atoms with Gasteiger partial charge < -0.3 is 20.5 Å². The van der Waals surface area contributed by atoms with Crippen molar-refractivity contribution in [1.82, 2.24) is 14.5 Å². The van der Waals surface area contributed by atoms with Crippen LogP contribution in [0.3, 0.4) is 0 Å². The number of halogens is 2. The van der Waals surface area contributed by atoms with Crippen molar-refractivity contribution in [2.24, 2.45) is 5.73 Å². The Kier molecular flexibility index (Phi) is 4.32. The molecule has 2 aromatic carbocycles. The van der Waals surface area contributed by atoms with Crippen LogP contribution in [0.1, 0.15) is 18.7 Å². The van der Waals surface area contributed by atoms with Crippen LogP contribution < -0.4 is 11.1 Å². The van der Waals surface area contributed by atoms with E-state index in [2.05, 4.69) is 5.32 Å². The number of fused-ring (bicyclic) bond motifs is 1. The van der Waals surface area contributed by atoms with Gasteiger partial charge in [0.1, 0.15) is 29.0 Å². The van der Waals surface area contributed by atoms with Crippen LogP contribution in [0, 0.1) is 11.6 Å². The summed E-state index contributed by atoms with van der Waals surface area (Å²) >= 11 is 0. The molecule has 1 amide bonds. The third-order valence-electron chi connectivity index (χ3n) is 5.70. The van der Waals surface area contributed by atoms with Gasteiger partial charge in [-0.1, -0.05) is 0 Å². The summed E-state index contributed by atoms with van der Waals surface area (Å²) in [6.45, 7) is 1.44. The van der Waals surface area contributed by atoms with Gasteiger partial charge in [0.25, 0.3) is 0 Å². The summed E-state index contributed by atoms with van der Waals surface area (Å²) in [5.74, 6) is 0.768. The molecule has 0 bridgehead atoms. The number of rotatable bonds is 4. The van der Waals surface area contributed by atoms with E-state index in [-0.39, 0.29) is 17.5 Å². The SMILES string of the molecule is NC1(C(=O)N2CCn3c(nc(-c4ccc(F)cc4)c3Nc3ccc(F)cc3)C2)CC1. The summed E-state index contributed by atoms with van der Waals surface area (Å²) in [5, 5.41) is 3.32. The van der Waals surface area contributed by atoms with Crippen LogP contribution in [-0.2, 0) is 17.9 Å². The van der Waals surface area contributed by atoms with Crippen molar-refractivity contribution in [3.63, 3.8) is 0 Å². The second kappa shape index (κ2) is 6.91. The van der Waals surface area contributed by atoms with Gasteiger partial charge in [0.05, 0.1) is 12.1 Å². The molecule has 0 radical (unpaired) electrons. The molecule has 1 aliphatic carbocycles. The standard InChI is InChI=1S/C22H21F2N5O/c23-15-3-1-14(2-4-15)19-20(26-17-7-5-16(24)6-8-17)29-12-11-28(13-18(29)27-19)21(30)22(25)9-10-22/h1-8,26H,9-13,25H2. The van der Waals surface area contributed by atoms with E-state index >= 15 is 0 Å². The molecule has 0 spiro atoms. The topological polar surface area (TPSA) is 76.2 Å². The Morgan fingerprint density at radius 3 is 2.27 bits per heavy atom. The third-order valence-corrected chi connectivity index (χ3v) is 5.70. The molecule has 1 aromatic heterocycles. The maximum absolute atomic E-state index is 13.4. The quantitative estimate of drug-likeness (QED) is 0.693. The van der Waals surface area contributed by atoms with Gasteiger partial charge in [-0.15, -0.1) is 0 Å². The summed E-state index contributed by atoms with van der Waals surface area (Å²) in [7, 11) is 0.